The van der Waals surface area contributed by atoms with Crippen molar-refractivity contribution in [3.8, 4) is 11.1 Å². The molecule has 1 aliphatic rings. The Morgan fingerprint density at radius 2 is 1.97 bits per heavy atom. The van der Waals surface area contributed by atoms with Gasteiger partial charge in [0.1, 0.15) is 17.7 Å². The van der Waals surface area contributed by atoms with E-state index in [-0.39, 0.29) is 48.6 Å². The van der Waals surface area contributed by atoms with Crippen LogP contribution in [0.5, 0.6) is 0 Å². The highest BCUT2D eigenvalue weighted by Gasteiger charge is 2.32. The zero-order valence-corrected chi connectivity index (χ0v) is 19.3. The van der Waals surface area contributed by atoms with E-state index >= 15 is 0 Å². The van der Waals surface area contributed by atoms with Crippen LogP contribution >= 0.6 is 0 Å². The molecule has 0 unspecified atom stereocenters. The molecule has 2 atom stereocenters. The summed E-state index contributed by atoms with van der Waals surface area (Å²) >= 11 is 0. The van der Waals surface area contributed by atoms with Crippen molar-refractivity contribution in [2.75, 3.05) is 18.0 Å². The fraction of sp³-hybridized carbons (Fsp3) is 0.280. The molecule has 0 saturated carbocycles. The van der Waals surface area contributed by atoms with Crippen molar-refractivity contribution < 1.29 is 23.1 Å². The lowest BCUT2D eigenvalue weighted by atomic mass is 10.0. The van der Waals surface area contributed by atoms with Gasteiger partial charge in [0.05, 0.1) is 31.0 Å². The highest BCUT2D eigenvalue weighted by Crippen LogP contribution is 2.26. The molecule has 1 aromatic heterocycles. The quantitative estimate of drug-likeness (QED) is 0.468. The minimum absolute atomic E-state index is 0.0907. The molecule has 1 aliphatic heterocycles. The predicted molar refractivity (Wildman–Crippen MR) is 126 cm³/mol. The summed E-state index contributed by atoms with van der Waals surface area (Å²) in [6.45, 7) is 3.60. The summed E-state index contributed by atoms with van der Waals surface area (Å²) < 4.78 is 35.0. The number of hydrogen-bond donors (Lipinski definition) is 2. The van der Waals surface area contributed by atoms with E-state index in [0.29, 0.717) is 5.69 Å². The van der Waals surface area contributed by atoms with Crippen LogP contribution in [0.2, 0.25) is 0 Å². The Balaban J connectivity index is 1.41. The van der Waals surface area contributed by atoms with Crippen LogP contribution in [0.1, 0.15) is 31.9 Å². The van der Waals surface area contributed by atoms with Gasteiger partial charge in [-0.3, -0.25) is 14.4 Å². The maximum atomic E-state index is 14.9. The van der Waals surface area contributed by atoms with Gasteiger partial charge in [-0.15, -0.1) is 0 Å². The van der Waals surface area contributed by atoms with Gasteiger partial charge in [-0.2, -0.15) is 5.10 Å². The van der Waals surface area contributed by atoms with Crippen molar-refractivity contribution in [1.82, 2.24) is 15.1 Å². The maximum absolute atomic E-state index is 14.9. The number of nitrogens with one attached hydrogen (secondary N) is 2. The van der Waals surface area contributed by atoms with Gasteiger partial charge in [0.15, 0.2) is 0 Å². The third kappa shape index (κ3) is 5.53. The van der Waals surface area contributed by atoms with Crippen molar-refractivity contribution in [1.29, 1.82) is 5.41 Å². The topological polar surface area (TPSA) is 100 Å². The summed E-state index contributed by atoms with van der Waals surface area (Å²) in [6.07, 6.45) is 2.55. The lowest BCUT2D eigenvalue weighted by molar-refractivity contribution is -0.119. The van der Waals surface area contributed by atoms with Gasteiger partial charge >= 0.3 is 6.09 Å². The first-order valence-electron chi connectivity index (χ1n) is 11.1. The number of hydrogen-bond acceptors (Lipinski definition) is 5. The number of nitrogens with zero attached hydrogens (tertiary/aromatic N) is 3. The monoisotopic (exact) mass is 481 g/mol. The number of halogens is 2. The molecule has 35 heavy (non-hydrogen) atoms. The second kappa shape index (κ2) is 10.0. The van der Waals surface area contributed by atoms with Crippen molar-refractivity contribution in [3.05, 3.63) is 72.1 Å². The number of rotatable bonds is 8. The zero-order chi connectivity index (χ0) is 25.1. The number of ether oxygens (including phenoxy) is 1. The van der Waals surface area contributed by atoms with Crippen LogP contribution in [0.4, 0.5) is 19.3 Å². The summed E-state index contributed by atoms with van der Waals surface area (Å²) in [5, 5.41) is 15.4. The fourth-order valence-corrected chi connectivity index (χ4v) is 3.88. The van der Waals surface area contributed by atoms with E-state index in [4.69, 9.17) is 10.1 Å². The molecular formula is C25H25F2N5O3. The molecule has 2 aromatic carbocycles. The molecule has 8 nitrogen and oxygen atoms in total. The van der Waals surface area contributed by atoms with Gasteiger partial charge < -0.3 is 15.5 Å². The molecule has 2 heterocycles. The molecule has 1 fully saturated rings. The van der Waals surface area contributed by atoms with Crippen LogP contribution in [0.3, 0.4) is 0 Å². The Labute approximate surface area is 201 Å². The zero-order valence-electron chi connectivity index (χ0n) is 19.3. The highest BCUT2D eigenvalue weighted by molar-refractivity contribution is 5.99. The number of carbonyl (C=O) groups excluding carboxylic acids is 2. The predicted octanol–water partition coefficient (Wildman–Crippen LogP) is 4.31. The first kappa shape index (κ1) is 24.1. The van der Waals surface area contributed by atoms with Gasteiger partial charge in [-0.05, 0) is 42.8 Å². The number of benzene rings is 2. The second-order valence-electron chi connectivity index (χ2n) is 8.47. The Morgan fingerprint density at radius 1 is 1.23 bits per heavy atom. The largest absolute Gasteiger partial charge is 0.442 e. The Morgan fingerprint density at radius 3 is 2.66 bits per heavy atom. The van der Waals surface area contributed by atoms with Crippen LogP contribution in [0.15, 0.2) is 54.9 Å². The molecule has 0 spiro atoms. The lowest BCUT2D eigenvalue weighted by Crippen LogP contribution is -2.33. The van der Waals surface area contributed by atoms with E-state index in [0.717, 1.165) is 11.1 Å². The summed E-state index contributed by atoms with van der Waals surface area (Å²) in [6, 6.07) is 10.1. The number of anilines is 1. The Bertz CT molecular complexity index is 1260. The second-order valence-corrected chi connectivity index (χ2v) is 8.47. The van der Waals surface area contributed by atoms with Crippen molar-refractivity contribution >= 4 is 23.4 Å². The first-order valence-corrected chi connectivity index (χ1v) is 11.1. The number of aromatic nitrogens is 2. The summed E-state index contributed by atoms with van der Waals surface area (Å²) in [5.74, 6) is -1.17. The van der Waals surface area contributed by atoms with Crippen LogP contribution < -0.4 is 10.2 Å². The van der Waals surface area contributed by atoms with E-state index in [1.165, 1.54) is 36.1 Å². The first-order chi connectivity index (χ1) is 16.7. The average Bonchev–Trinajstić information content (AvgIpc) is 3.45. The minimum atomic E-state index is -0.620. The van der Waals surface area contributed by atoms with Gasteiger partial charge in [-0.1, -0.05) is 12.1 Å². The third-order valence-electron chi connectivity index (χ3n) is 5.77. The molecular weight excluding hydrogens is 456 g/mol. The van der Waals surface area contributed by atoms with E-state index in [1.807, 2.05) is 6.92 Å². The van der Waals surface area contributed by atoms with Crippen LogP contribution in [-0.4, -0.2) is 46.7 Å². The van der Waals surface area contributed by atoms with Crippen LogP contribution in [0.25, 0.3) is 11.1 Å². The molecule has 0 aliphatic carbocycles. The van der Waals surface area contributed by atoms with Gasteiger partial charge in [0.25, 0.3) is 0 Å². The average molecular weight is 482 g/mol. The van der Waals surface area contributed by atoms with Crippen molar-refractivity contribution in [2.45, 2.75) is 32.4 Å². The molecule has 0 radical (unpaired) electrons. The van der Waals surface area contributed by atoms with E-state index in [1.54, 1.807) is 35.3 Å². The molecule has 1 saturated heterocycles. The van der Waals surface area contributed by atoms with Crippen molar-refractivity contribution in [3.63, 3.8) is 0 Å². The fourth-order valence-electron chi connectivity index (χ4n) is 3.88. The third-order valence-corrected chi connectivity index (χ3v) is 5.77. The summed E-state index contributed by atoms with van der Waals surface area (Å²) in [7, 11) is 0. The molecule has 0 bridgehead atoms. The molecule has 182 valence electrons. The van der Waals surface area contributed by atoms with Crippen LogP contribution in [0, 0.1) is 17.0 Å². The van der Waals surface area contributed by atoms with Crippen LogP contribution in [-0.2, 0) is 9.53 Å². The van der Waals surface area contributed by atoms with Gasteiger partial charge in [0, 0.05) is 36.4 Å². The standard InChI is InChI=1S/C25H25F2N5O3/c1-15(32-13-18(11-30-32)17-3-5-19(26)6-4-17)9-24(28)22-8-7-20(10-23(22)27)31-14-21(35-25(31)34)12-29-16(2)33/h3-8,10-11,13,15,21,28H,9,12,14H2,1-2H3,(H,29,33)/t15-,21-/m0/s1. The Hall–Kier alpha value is -4.08. The van der Waals surface area contributed by atoms with E-state index in [9.17, 15) is 18.4 Å². The Kier molecular flexibility index (Phi) is 6.90. The molecule has 3 aromatic rings. The van der Waals surface area contributed by atoms with Gasteiger partial charge in [-0.25, -0.2) is 13.6 Å². The number of carbonyl (C=O) groups is 2. The lowest BCUT2D eigenvalue weighted by Gasteiger charge is -2.16. The molecule has 2 N–H and O–H groups in total. The smallest absolute Gasteiger partial charge is 0.414 e. The van der Waals surface area contributed by atoms with E-state index < -0.39 is 18.0 Å². The SMILES string of the molecule is CC(=O)NC[C@H]1CN(c2ccc(C(=N)C[C@H](C)n3cc(-c4ccc(F)cc4)cn3)c(F)c2)C(=O)O1. The van der Waals surface area contributed by atoms with E-state index in [2.05, 4.69) is 10.4 Å². The number of cyclic esters (lactones) is 1. The van der Waals surface area contributed by atoms with Crippen molar-refractivity contribution in [2.24, 2.45) is 0 Å². The molecule has 4 rings (SSSR count). The highest BCUT2D eigenvalue weighted by atomic mass is 19.1. The summed E-state index contributed by atoms with van der Waals surface area (Å²) in [5.41, 5.74) is 2.18. The number of amides is 2. The summed E-state index contributed by atoms with van der Waals surface area (Å²) in [4.78, 5) is 24.6. The molecule has 10 heteroatoms. The van der Waals surface area contributed by atoms with Gasteiger partial charge in [0.2, 0.25) is 5.91 Å². The minimum Gasteiger partial charge on any atom is -0.442 e. The molecule has 2 amide bonds. The normalized spacial score (nSPS) is 16.2. The maximum Gasteiger partial charge on any atom is 0.414 e.